The number of nitrogens with two attached hydrogens (primary N) is 1. The summed E-state index contributed by atoms with van der Waals surface area (Å²) in [4.78, 5) is 23.1. The number of carbonyl (C=O) groups is 2. The number of nitrogens with zero attached hydrogens (tertiary/aromatic N) is 2. The predicted molar refractivity (Wildman–Crippen MR) is 112 cm³/mol. The van der Waals surface area contributed by atoms with E-state index < -0.39 is 5.91 Å². The van der Waals surface area contributed by atoms with Gasteiger partial charge in [-0.3, -0.25) is 9.59 Å². The van der Waals surface area contributed by atoms with Crippen molar-refractivity contribution in [3.63, 3.8) is 0 Å². The number of benzene rings is 2. The van der Waals surface area contributed by atoms with Gasteiger partial charge in [-0.1, -0.05) is 30.3 Å². The first-order valence-electron chi connectivity index (χ1n) is 9.06. The van der Waals surface area contributed by atoms with Crippen molar-refractivity contribution in [2.45, 2.75) is 13.8 Å². The monoisotopic (exact) mass is 390 g/mol. The van der Waals surface area contributed by atoms with E-state index in [2.05, 4.69) is 10.4 Å². The fraction of sp³-hybridized carbons (Fsp3) is 0.136. The number of nitrogens with one attached hydrogen (secondary N) is 1. The van der Waals surface area contributed by atoms with E-state index in [1.165, 1.54) is 6.08 Å². The van der Waals surface area contributed by atoms with Gasteiger partial charge in [-0.2, -0.15) is 5.10 Å². The molecule has 0 saturated heterocycles. The quantitative estimate of drug-likeness (QED) is 0.606. The largest absolute Gasteiger partial charge is 0.484 e. The molecule has 0 saturated carbocycles. The molecule has 7 nitrogen and oxygen atoms in total. The van der Waals surface area contributed by atoms with Crippen LogP contribution < -0.4 is 15.8 Å². The number of amides is 2. The van der Waals surface area contributed by atoms with E-state index in [4.69, 9.17) is 10.5 Å². The number of primary amides is 1. The van der Waals surface area contributed by atoms with Gasteiger partial charge in [-0.15, -0.1) is 0 Å². The first-order valence-corrected chi connectivity index (χ1v) is 9.06. The average molecular weight is 390 g/mol. The molecule has 148 valence electrons. The lowest BCUT2D eigenvalue weighted by atomic mass is 10.2. The van der Waals surface area contributed by atoms with Gasteiger partial charge in [0, 0.05) is 6.08 Å². The van der Waals surface area contributed by atoms with Gasteiger partial charge in [0.25, 0.3) is 5.91 Å². The Hall–Kier alpha value is -3.87. The minimum Gasteiger partial charge on any atom is -0.484 e. The lowest BCUT2D eigenvalue weighted by molar-refractivity contribution is -0.120. The Morgan fingerprint density at radius 3 is 2.45 bits per heavy atom. The Morgan fingerprint density at radius 1 is 1.10 bits per heavy atom. The maximum atomic E-state index is 12.4. The summed E-state index contributed by atoms with van der Waals surface area (Å²) in [6.07, 6.45) is 3.15. The molecular formula is C22H22N4O3. The van der Waals surface area contributed by atoms with Crippen molar-refractivity contribution >= 4 is 23.6 Å². The van der Waals surface area contributed by atoms with Gasteiger partial charge in [-0.05, 0) is 49.8 Å². The highest BCUT2D eigenvalue weighted by atomic mass is 16.5. The Bertz CT molecular complexity index is 1040. The maximum Gasteiger partial charge on any atom is 0.255 e. The van der Waals surface area contributed by atoms with Crippen LogP contribution in [0.3, 0.4) is 0 Å². The summed E-state index contributed by atoms with van der Waals surface area (Å²) in [5.41, 5.74) is 9.08. The molecule has 0 bridgehead atoms. The van der Waals surface area contributed by atoms with E-state index in [0.717, 1.165) is 22.6 Å². The normalized spacial score (nSPS) is 10.8. The number of hydrogen-bond acceptors (Lipinski definition) is 4. The van der Waals surface area contributed by atoms with E-state index in [0.29, 0.717) is 11.4 Å². The number of ether oxygens (including phenoxy) is 1. The van der Waals surface area contributed by atoms with E-state index in [9.17, 15) is 9.59 Å². The fourth-order valence-corrected chi connectivity index (χ4v) is 2.81. The van der Waals surface area contributed by atoms with Crippen molar-refractivity contribution in [2.75, 3.05) is 11.9 Å². The third kappa shape index (κ3) is 5.10. The average Bonchev–Trinajstić information content (AvgIpc) is 3.00. The molecule has 0 aliphatic rings. The SMILES string of the molecule is Cc1nn(-c2ccccc2)c(C)c1NC(=O)/C=C/c1ccc(OCC(N)=O)cc1. The van der Waals surface area contributed by atoms with Crippen LogP contribution in [0.25, 0.3) is 11.8 Å². The van der Waals surface area contributed by atoms with E-state index in [1.807, 2.05) is 44.2 Å². The molecule has 1 aromatic heterocycles. The number of anilines is 1. The number of hydrogen-bond donors (Lipinski definition) is 2. The van der Waals surface area contributed by atoms with Gasteiger partial charge in [-0.25, -0.2) is 4.68 Å². The van der Waals surface area contributed by atoms with Crippen LogP contribution in [0.4, 0.5) is 5.69 Å². The van der Waals surface area contributed by atoms with Gasteiger partial charge in [0.05, 0.1) is 22.8 Å². The molecule has 1 heterocycles. The first kappa shape index (κ1) is 19.9. The van der Waals surface area contributed by atoms with Gasteiger partial charge in [0.2, 0.25) is 5.91 Å². The molecule has 3 rings (SSSR count). The van der Waals surface area contributed by atoms with Gasteiger partial charge in [0.15, 0.2) is 6.61 Å². The van der Waals surface area contributed by atoms with E-state index in [1.54, 1.807) is 35.0 Å². The molecule has 3 N–H and O–H groups in total. The van der Waals surface area contributed by atoms with Crippen LogP contribution in [0.15, 0.2) is 60.7 Å². The van der Waals surface area contributed by atoms with Crippen LogP contribution >= 0.6 is 0 Å². The highest BCUT2D eigenvalue weighted by Crippen LogP contribution is 2.22. The van der Waals surface area contributed by atoms with Crippen LogP contribution in [-0.4, -0.2) is 28.2 Å². The zero-order chi connectivity index (χ0) is 20.8. The van der Waals surface area contributed by atoms with Crippen molar-refractivity contribution in [1.82, 2.24) is 9.78 Å². The molecule has 0 aliphatic carbocycles. The van der Waals surface area contributed by atoms with Crippen LogP contribution in [-0.2, 0) is 9.59 Å². The summed E-state index contributed by atoms with van der Waals surface area (Å²) in [6.45, 7) is 3.60. The topological polar surface area (TPSA) is 99.2 Å². The lowest BCUT2D eigenvalue weighted by Gasteiger charge is -2.06. The smallest absolute Gasteiger partial charge is 0.255 e. The maximum absolute atomic E-state index is 12.4. The molecule has 3 aromatic rings. The Balaban J connectivity index is 1.66. The summed E-state index contributed by atoms with van der Waals surface area (Å²) < 4.78 is 7.01. The van der Waals surface area contributed by atoms with Crippen LogP contribution in [0.1, 0.15) is 17.0 Å². The standard InChI is InChI=1S/C22H22N4O3/c1-15-22(16(2)26(25-15)18-6-4-3-5-7-18)24-21(28)13-10-17-8-11-19(12-9-17)29-14-20(23)27/h3-13H,14H2,1-2H3,(H2,23,27)(H,24,28)/b13-10+. The number of aryl methyl sites for hydroxylation is 1. The molecule has 0 radical (unpaired) electrons. The number of carbonyl (C=O) groups excluding carboxylic acids is 2. The van der Waals surface area contributed by atoms with Crippen LogP contribution in [0.5, 0.6) is 5.75 Å². The minimum absolute atomic E-state index is 0.174. The van der Waals surface area contributed by atoms with Crippen molar-refractivity contribution in [3.8, 4) is 11.4 Å². The highest BCUT2D eigenvalue weighted by molar-refractivity contribution is 6.02. The second-order valence-electron chi connectivity index (χ2n) is 6.44. The molecule has 0 unspecified atom stereocenters. The molecule has 29 heavy (non-hydrogen) atoms. The molecule has 2 aromatic carbocycles. The van der Waals surface area contributed by atoms with E-state index in [-0.39, 0.29) is 12.5 Å². The third-order valence-electron chi connectivity index (χ3n) is 4.23. The minimum atomic E-state index is -0.535. The molecule has 0 fully saturated rings. The van der Waals surface area contributed by atoms with Crippen molar-refractivity contribution in [1.29, 1.82) is 0 Å². The summed E-state index contributed by atoms with van der Waals surface area (Å²) in [6, 6.07) is 16.7. The summed E-state index contributed by atoms with van der Waals surface area (Å²) in [5.74, 6) is -0.255. The van der Waals surface area contributed by atoms with Crippen LogP contribution in [0, 0.1) is 13.8 Å². The lowest BCUT2D eigenvalue weighted by Crippen LogP contribution is -2.19. The zero-order valence-electron chi connectivity index (χ0n) is 16.3. The summed E-state index contributed by atoms with van der Waals surface area (Å²) in [5, 5.41) is 7.42. The third-order valence-corrected chi connectivity index (χ3v) is 4.23. The van der Waals surface area contributed by atoms with Gasteiger partial charge < -0.3 is 15.8 Å². The van der Waals surface area contributed by atoms with Crippen molar-refractivity contribution in [2.24, 2.45) is 5.73 Å². The number of rotatable bonds is 7. The number of aromatic nitrogens is 2. The predicted octanol–water partition coefficient (Wildman–Crippen LogP) is 3.01. The zero-order valence-corrected chi connectivity index (χ0v) is 16.3. The van der Waals surface area contributed by atoms with Gasteiger partial charge in [0.1, 0.15) is 5.75 Å². The van der Waals surface area contributed by atoms with Gasteiger partial charge >= 0.3 is 0 Å². The number of para-hydroxylation sites is 1. The molecule has 0 atom stereocenters. The Labute approximate surface area is 168 Å². The summed E-state index contributed by atoms with van der Waals surface area (Å²) >= 11 is 0. The molecule has 2 amide bonds. The Kier molecular flexibility index (Phi) is 6.09. The van der Waals surface area contributed by atoms with E-state index >= 15 is 0 Å². The fourth-order valence-electron chi connectivity index (χ4n) is 2.81. The Morgan fingerprint density at radius 2 is 1.79 bits per heavy atom. The molecule has 0 aliphatic heterocycles. The van der Waals surface area contributed by atoms with Crippen molar-refractivity contribution < 1.29 is 14.3 Å². The second-order valence-corrected chi connectivity index (χ2v) is 6.44. The van der Waals surface area contributed by atoms with Crippen molar-refractivity contribution in [3.05, 3.63) is 77.6 Å². The van der Waals surface area contributed by atoms with Crippen LogP contribution in [0.2, 0.25) is 0 Å². The first-order chi connectivity index (χ1) is 13.9. The molecular weight excluding hydrogens is 368 g/mol. The molecule has 0 spiro atoms. The second kappa shape index (κ2) is 8.88. The molecule has 7 heteroatoms. The highest BCUT2D eigenvalue weighted by Gasteiger charge is 2.14. The summed E-state index contributed by atoms with van der Waals surface area (Å²) in [7, 11) is 0.